The molecule has 3 aliphatic rings. The Labute approximate surface area is 211 Å². The van der Waals surface area contributed by atoms with Gasteiger partial charge in [-0.05, 0) is 78.6 Å². The fourth-order valence-electron chi connectivity index (χ4n) is 6.09. The van der Waals surface area contributed by atoms with Gasteiger partial charge in [-0.2, -0.15) is 0 Å². The second-order valence-corrected chi connectivity index (χ2v) is 13.1. The number of ether oxygens (including phenoxy) is 1. The van der Waals surface area contributed by atoms with E-state index in [-0.39, 0.29) is 24.3 Å². The average Bonchev–Trinajstić information content (AvgIpc) is 3.34. The fraction of sp³-hybridized carbons (Fsp3) is 0.654. The molecular formula is C26H37N3O5S. The maximum absolute atomic E-state index is 13.9. The molecule has 0 saturated carbocycles. The van der Waals surface area contributed by atoms with Gasteiger partial charge in [-0.25, -0.2) is 0 Å². The summed E-state index contributed by atoms with van der Waals surface area (Å²) in [6.07, 6.45) is 1.41. The summed E-state index contributed by atoms with van der Waals surface area (Å²) in [5.74, 6) is -1.14. The van der Waals surface area contributed by atoms with Gasteiger partial charge in [0.1, 0.15) is 11.8 Å². The molecule has 2 unspecified atom stereocenters. The van der Waals surface area contributed by atoms with Crippen LogP contribution in [0.25, 0.3) is 0 Å². The zero-order chi connectivity index (χ0) is 25.8. The van der Waals surface area contributed by atoms with E-state index in [2.05, 4.69) is 10.6 Å². The van der Waals surface area contributed by atoms with Crippen LogP contribution in [0.4, 0.5) is 5.69 Å². The number of fused-ring (bicyclic) bond motifs is 1. The first-order valence-electron chi connectivity index (χ1n) is 12.4. The first kappa shape index (κ1) is 25.8. The Morgan fingerprint density at radius 2 is 1.89 bits per heavy atom. The highest BCUT2D eigenvalue weighted by Crippen LogP contribution is 2.71. The van der Waals surface area contributed by atoms with E-state index in [1.165, 1.54) is 0 Å². The lowest BCUT2D eigenvalue weighted by Gasteiger charge is -2.37. The lowest BCUT2D eigenvalue weighted by atomic mass is 9.66. The number of carbonyl (C=O) groups excluding carboxylic acids is 3. The normalized spacial score (nSPS) is 32.4. The van der Waals surface area contributed by atoms with E-state index in [9.17, 15) is 19.5 Å². The zero-order valence-electron chi connectivity index (χ0n) is 21.4. The van der Waals surface area contributed by atoms with Crippen LogP contribution in [0.15, 0.2) is 24.3 Å². The monoisotopic (exact) mass is 503 g/mol. The molecule has 3 amide bonds. The van der Waals surface area contributed by atoms with Gasteiger partial charge in [-0.3, -0.25) is 14.4 Å². The third kappa shape index (κ3) is 4.31. The lowest BCUT2D eigenvalue weighted by molar-refractivity contribution is -0.142. The zero-order valence-corrected chi connectivity index (χ0v) is 22.2. The van der Waals surface area contributed by atoms with Crippen molar-refractivity contribution < 1.29 is 24.2 Å². The molecule has 192 valence electrons. The Balaban J connectivity index is 1.68. The number of aliphatic hydroxyl groups excluding tert-OH is 1. The minimum absolute atomic E-state index is 0.211. The number of amides is 3. The maximum atomic E-state index is 13.9. The minimum Gasteiger partial charge on any atom is -0.494 e. The molecule has 8 nitrogen and oxygen atoms in total. The van der Waals surface area contributed by atoms with Crippen LogP contribution in [-0.2, 0) is 14.4 Å². The summed E-state index contributed by atoms with van der Waals surface area (Å²) < 4.78 is 4.32. The molecule has 3 aliphatic heterocycles. The summed E-state index contributed by atoms with van der Waals surface area (Å²) in [4.78, 5) is 42.7. The molecule has 3 saturated heterocycles. The topological polar surface area (TPSA) is 108 Å². The van der Waals surface area contributed by atoms with Crippen molar-refractivity contribution in [3.8, 4) is 5.75 Å². The predicted molar refractivity (Wildman–Crippen MR) is 136 cm³/mol. The van der Waals surface area contributed by atoms with Gasteiger partial charge < -0.3 is 25.4 Å². The van der Waals surface area contributed by atoms with Crippen LogP contribution >= 0.6 is 11.8 Å². The van der Waals surface area contributed by atoms with E-state index in [1.807, 2.05) is 34.6 Å². The Hall–Kier alpha value is -2.26. The molecule has 6 atom stereocenters. The first-order valence-corrected chi connectivity index (χ1v) is 13.2. The number of aliphatic hydroxyl groups is 1. The Bertz CT molecular complexity index is 1010. The summed E-state index contributed by atoms with van der Waals surface area (Å²) in [5, 5.41) is 16.0. The summed E-state index contributed by atoms with van der Waals surface area (Å²) in [6.45, 7) is 11.7. The van der Waals surface area contributed by atoms with Crippen molar-refractivity contribution in [2.24, 2.45) is 11.8 Å². The first-order chi connectivity index (χ1) is 16.4. The number of nitrogens with zero attached hydrogens (tertiary/aromatic N) is 1. The highest BCUT2D eigenvalue weighted by atomic mass is 32.2. The van der Waals surface area contributed by atoms with Crippen LogP contribution in [0.5, 0.6) is 5.75 Å². The van der Waals surface area contributed by atoms with E-state index in [4.69, 9.17) is 4.74 Å². The molecule has 35 heavy (non-hydrogen) atoms. The maximum Gasteiger partial charge on any atom is 0.244 e. The highest BCUT2D eigenvalue weighted by molar-refractivity contribution is 8.02. The molecule has 4 rings (SSSR count). The smallest absolute Gasteiger partial charge is 0.244 e. The molecule has 9 heteroatoms. The number of rotatable bonds is 7. The second kappa shape index (κ2) is 9.00. The van der Waals surface area contributed by atoms with Crippen molar-refractivity contribution >= 4 is 35.2 Å². The number of carbonyl (C=O) groups is 3. The van der Waals surface area contributed by atoms with Gasteiger partial charge in [-0.1, -0.05) is 0 Å². The summed E-state index contributed by atoms with van der Waals surface area (Å²) >= 11 is 1.62. The fourth-order valence-corrected chi connectivity index (χ4v) is 8.43. The number of thioether (sulfide) groups is 1. The molecule has 3 fully saturated rings. The number of hydrogen-bond acceptors (Lipinski definition) is 6. The van der Waals surface area contributed by atoms with E-state index >= 15 is 0 Å². The van der Waals surface area contributed by atoms with Gasteiger partial charge in [0.2, 0.25) is 17.7 Å². The van der Waals surface area contributed by atoms with Crippen molar-refractivity contribution in [3.05, 3.63) is 24.3 Å². The number of hydrogen-bond donors (Lipinski definition) is 3. The quantitative estimate of drug-likeness (QED) is 0.528. The van der Waals surface area contributed by atoms with Gasteiger partial charge in [0.05, 0.1) is 35.8 Å². The van der Waals surface area contributed by atoms with E-state index in [0.29, 0.717) is 18.7 Å². The third-order valence-electron chi connectivity index (χ3n) is 7.42. The molecule has 0 aromatic heterocycles. The Morgan fingerprint density at radius 3 is 2.46 bits per heavy atom. The van der Waals surface area contributed by atoms with Crippen molar-refractivity contribution in [2.75, 3.05) is 18.5 Å². The van der Waals surface area contributed by atoms with Gasteiger partial charge in [0.25, 0.3) is 0 Å². The molecule has 3 heterocycles. The van der Waals surface area contributed by atoms with Crippen molar-refractivity contribution in [2.45, 2.75) is 81.5 Å². The van der Waals surface area contributed by atoms with Crippen LogP contribution in [0, 0.1) is 11.8 Å². The molecule has 1 aromatic rings. The van der Waals surface area contributed by atoms with Crippen LogP contribution in [0.2, 0.25) is 0 Å². The van der Waals surface area contributed by atoms with Crippen molar-refractivity contribution in [1.82, 2.24) is 10.2 Å². The molecule has 1 spiro atoms. The standard InChI is InChI=1S/C26H37N3O5S/c1-7-34-17-10-8-16(9-11-17)27-21(31)18-19-23(33)29(15(2)14-30)20(22(32)28-24(3,4)5)26(19)13-12-25(18,6)35-26/h8-11,15,18-20,30H,7,12-14H2,1-6H3,(H,27,31)(H,28,32)/t15-,18-,19+,20?,25+,26?/m1/s1. The van der Waals surface area contributed by atoms with Gasteiger partial charge >= 0.3 is 0 Å². The van der Waals surface area contributed by atoms with Crippen LogP contribution in [0.1, 0.15) is 54.4 Å². The lowest BCUT2D eigenvalue weighted by Crippen LogP contribution is -2.58. The van der Waals surface area contributed by atoms with Crippen molar-refractivity contribution in [3.63, 3.8) is 0 Å². The molecule has 2 bridgehead atoms. The summed E-state index contributed by atoms with van der Waals surface area (Å²) in [6, 6.07) is 5.92. The molecular weight excluding hydrogens is 466 g/mol. The minimum atomic E-state index is -0.739. The van der Waals surface area contributed by atoms with Gasteiger partial charge in [0, 0.05) is 16.0 Å². The number of likely N-dealkylation sites (tertiary alicyclic amines) is 1. The molecule has 0 aliphatic carbocycles. The number of nitrogens with one attached hydrogen (secondary N) is 2. The Morgan fingerprint density at radius 1 is 1.23 bits per heavy atom. The van der Waals surface area contributed by atoms with Crippen LogP contribution in [0.3, 0.4) is 0 Å². The number of benzene rings is 1. The van der Waals surface area contributed by atoms with E-state index in [1.54, 1.807) is 47.9 Å². The van der Waals surface area contributed by atoms with E-state index in [0.717, 1.165) is 12.2 Å². The molecule has 1 aromatic carbocycles. The van der Waals surface area contributed by atoms with Gasteiger partial charge in [-0.15, -0.1) is 11.8 Å². The number of anilines is 1. The summed E-state index contributed by atoms with van der Waals surface area (Å²) in [5.41, 5.74) is 0.162. The second-order valence-electron chi connectivity index (χ2n) is 11.2. The third-order valence-corrected chi connectivity index (χ3v) is 9.40. The van der Waals surface area contributed by atoms with E-state index < -0.39 is 39.0 Å². The Kier molecular flexibility index (Phi) is 6.64. The molecule has 3 N–H and O–H groups in total. The van der Waals surface area contributed by atoms with Crippen LogP contribution in [-0.4, -0.2) is 68.1 Å². The largest absolute Gasteiger partial charge is 0.494 e. The average molecular weight is 504 g/mol. The SMILES string of the molecule is CCOc1ccc(NC(=O)[C@H]2[C@H]3C(=O)N([C@H](C)CO)C(C(=O)NC(C)(C)C)C34CC[C@]2(C)S4)cc1. The van der Waals surface area contributed by atoms with Crippen molar-refractivity contribution in [1.29, 1.82) is 0 Å². The highest BCUT2D eigenvalue weighted by Gasteiger charge is 2.77. The van der Waals surface area contributed by atoms with Gasteiger partial charge in [0.15, 0.2) is 0 Å². The van der Waals surface area contributed by atoms with Crippen LogP contribution < -0.4 is 15.4 Å². The summed E-state index contributed by atoms with van der Waals surface area (Å²) in [7, 11) is 0. The predicted octanol–water partition coefficient (Wildman–Crippen LogP) is 2.80. The molecule has 0 radical (unpaired) electrons.